The Balaban J connectivity index is 2.13. The number of amides is 1. The predicted octanol–water partition coefficient (Wildman–Crippen LogP) is 3.89. The molecule has 5 nitrogen and oxygen atoms in total. The number of hydrazone groups is 1. The number of nitrogens with one attached hydrogen (secondary N) is 1. The Kier molecular flexibility index (Phi) is 4.84. The number of hydrogen-bond donors (Lipinski definition) is 2. The fourth-order valence-corrected chi connectivity index (χ4v) is 3.02. The zero-order chi connectivity index (χ0) is 15.6. The Morgan fingerprint density at radius 3 is 2.67 bits per heavy atom. The lowest BCUT2D eigenvalue weighted by Gasteiger charge is -2.03. The van der Waals surface area contributed by atoms with Gasteiger partial charge in [0.15, 0.2) is 0 Å². The van der Waals surface area contributed by atoms with Gasteiger partial charge in [-0.05, 0) is 48.0 Å². The van der Waals surface area contributed by atoms with Crippen LogP contribution in [0.4, 0.5) is 0 Å². The summed E-state index contributed by atoms with van der Waals surface area (Å²) in [6.07, 6.45) is 1.37. The number of aryl methyl sites for hydroxylation is 2. The average molecular weight is 416 g/mol. The third-order valence-corrected chi connectivity index (χ3v) is 3.78. The molecule has 0 bridgehead atoms. The summed E-state index contributed by atoms with van der Waals surface area (Å²) in [5.74, 6) is 0.879. The highest BCUT2D eigenvalue weighted by atomic mass is 79.9. The monoisotopic (exact) mass is 414 g/mol. The van der Waals surface area contributed by atoms with Crippen LogP contribution < -0.4 is 5.43 Å². The molecule has 1 heterocycles. The van der Waals surface area contributed by atoms with Crippen molar-refractivity contribution in [2.24, 2.45) is 5.10 Å². The molecule has 7 heteroatoms. The summed E-state index contributed by atoms with van der Waals surface area (Å²) in [5.41, 5.74) is 3.30. The summed E-state index contributed by atoms with van der Waals surface area (Å²) in [6, 6.07) is 5.04. The molecule has 0 atom stereocenters. The molecule has 0 fully saturated rings. The highest BCUT2D eigenvalue weighted by Gasteiger charge is 2.12. The van der Waals surface area contributed by atoms with Crippen LogP contribution in [-0.4, -0.2) is 17.2 Å². The zero-order valence-electron chi connectivity index (χ0n) is 11.3. The number of benzene rings is 1. The molecule has 0 radical (unpaired) electrons. The quantitative estimate of drug-likeness (QED) is 0.589. The van der Waals surface area contributed by atoms with E-state index < -0.39 is 0 Å². The molecule has 1 amide bonds. The largest absolute Gasteiger partial charge is 0.506 e. The average Bonchev–Trinajstić information content (AvgIpc) is 2.74. The van der Waals surface area contributed by atoms with Crippen LogP contribution in [0.3, 0.4) is 0 Å². The molecule has 21 heavy (non-hydrogen) atoms. The summed E-state index contributed by atoms with van der Waals surface area (Å²) in [5, 5.41) is 13.7. The smallest absolute Gasteiger partial charge is 0.274 e. The number of halogens is 2. The predicted molar refractivity (Wildman–Crippen MR) is 86.7 cm³/mol. The first-order valence-corrected chi connectivity index (χ1v) is 7.55. The van der Waals surface area contributed by atoms with Crippen LogP contribution in [0.1, 0.15) is 27.4 Å². The zero-order valence-corrected chi connectivity index (χ0v) is 14.4. The molecule has 110 valence electrons. The van der Waals surface area contributed by atoms with Crippen LogP contribution in [0.25, 0.3) is 0 Å². The standard InChI is InChI=1S/C14H12Br2N2O3/c1-7-3-11(8(2)21-7)14(20)18-17-6-9-4-10(15)5-12(16)13(9)19/h3-6,19H,1-2H3,(H,18,20)/b17-6+. The Labute approximate surface area is 138 Å². The van der Waals surface area contributed by atoms with Gasteiger partial charge in [-0.3, -0.25) is 4.79 Å². The van der Waals surface area contributed by atoms with Gasteiger partial charge in [-0.1, -0.05) is 15.9 Å². The summed E-state index contributed by atoms with van der Waals surface area (Å²) >= 11 is 6.54. The van der Waals surface area contributed by atoms with E-state index in [9.17, 15) is 9.90 Å². The van der Waals surface area contributed by atoms with Crippen molar-refractivity contribution in [1.82, 2.24) is 5.43 Å². The first kappa shape index (κ1) is 15.8. The number of hydrogen-bond acceptors (Lipinski definition) is 4. The van der Waals surface area contributed by atoms with Crippen LogP contribution >= 0.6 is 31.9 Å². The van der Waals surface area contributed by atoms with E-state index in [-0.39, 0.29) is 11.7 Å². The molecule has 0 aliphatic rings. The third-order valence-electron chi connectivity index (χ3n) is 2.71. The molecule has 0 aliphatic heterocycles. The SMILES string of the molecule is Cc1cc(C(=O)N/N=C/c2cc(Br)cc(Br)c2O)c(C)o1. The van der Waals surface area contributed by atoms with E-state index in [1.165, 1.54) is 6.21 Å². The minimum atomic E-state index is -0.367. The second-order valence-corrected chi connectivity index (χ2v) is 6.12. The maximum Gasteiger partial charge on any atom is 0.274 e. The normalized spacial score (nSPS) is 11.0. The van der Waals surface area contributed by atoms with Crippen molar-refractivity contribution >= 4 is 44.0 Å². The molecule has 0 saturated heterocycles. The van der Waals surface area contributed by atoms with Crippen molar-refractivity contribution < 1.29 is 14.3 Å². The summed E-state index contributed by atoms with van der Waals surface area (Å²) in [7, 11) is 0. The molecule has 0 spiro atoms. The van der Waals surface area contributed by atoms with E-state index in [0.717, 1.165) is 4.47 Å². The molecule has 0 unspecified atom stereocenters. The minimum absolute atomic E-state index is 0.0477. The number of rotatable bonds is 3. The van der Waals surface area contributed by atoms with Gasteiger partial charge in [0.25, 0.3) is 5.91 Å². The van der Waals surface area contributed by atoms with E-state index in [4.69, 9.17) is 4.42 Å². The van der Waals surface area contributed by atoms with E-state index in [1.807, 2.05) is 0 Å². The molecule has 2 aromatic rings. The molecule has 2 rings (SSSR count). The van der Waals surface area contributed by atoms with E-state index in [0.29, 0.717) is 27.1 Å². The van der Waals surface area contributed by atoms with Crippen LogP contribution in [0.5, 0.6) is 5.75 Å². The molecule has 0 aliphatic carbocycles. The Hall–Kier alpha value is -1.60. The lowest BCUT2D eigenvalue weighted by atomic mass is 10.2. The number of furan rings is 1. The van der Waals surface area contributed by atoms with Crippen LogP contribution in [-0.2, 0) is 0 Å². The van der Waals surface area contributed by atoms with Gasteiger partial charge >= 0.3 is 0 Å². The second-order valence-electron chi connectivity index (χ2n) is 4.35. The molecular formula is C14H12Br2N2O3. The van der Waals surface area contributed by atoms with Gasteiger partial charge in [0.05, 0.1) is 16.3 Å². The van der Waals surface area contributed by atoms with Gasteiger partial charge in [-0.2, -0.15) is 5.10 Å². The Bertz CT molecular complexity index is 723. The maximum atomic E-state index is 11.9. The van der Waals surface area contributed by atoms with Crippen molar-refractivity contribution in [3.05, 3.63) is 49.8 Å². The van der Waals surface area contributed by atoms with E-state index in [2.05, 4.69) is 42.4 Å². The fourth-order valence-electron chi connectivity index (χ4n) is 1.76. The van der Waals surface area contributed by atoms with Crippen molar-refractivity contribution in [3.63, 3.8) is 0 Å². The maximum absolute atomic E-state index is 11.9. The van der Waals surface area contributed by atoms with Gasteiger partial charge in [0, 0.05) is 10.0 Å². The Morgan fingerprint density at radius 1 is 1.33 bits per heavy atom. The van der Waals surface area contributed by atoms with Crippen molar-refractivity contribution in [2.75, 3.05) is 0 Å². The number of carbonyl (C=O) groups excluding carboxylic acids is 1. The number of phenolic OH excluding ortho intramolecular Hbond substituents is 1. The number of aromatic hydroxyl groups is 1. The van der Waals surface area contributed by atoms with Crippen LogP contribution in [0.15, 0.2) is 36.7 Å². The van der Waals surface area contributed by atoms with E-state index in [1.54, 1.807) is 32.0 Å². The molecule has 2 N–H and O–H groups in total. The van der Waals surface area contributed by atoms with Crippen molar-refractivity contribution in [3.8, 4) is 5.75 Å². The lowest BCUT2D eigenvalue weighted by molar-refractivity contribution is 0.0953. The van der Waals surface area contributed by atoms with Crippen LogP contribution in [0.2, 0.25) is 0 Å². The number of phenols is 1. The summed E-state index contributed by atoms with van der Waals surface area (Å²) in [6.45, 7) is 3.48. The number of nitrogens with zero attached hydrogens (tertiary/aromatic N) is 1. The molecular weight excluding hydrogens is 404 g/mol. The first-order chi connectivity index (χ1) is 9.88. The van der Waals surface area contributed by atoms with Gasteiger partial charge in [-0.15, -0.1) is 0 Å². The highest BCUT2D eigenvalue weighted by molar-refractivity contribution is 9.11. The van der Waals surface area contributed by atoms with Gasteiger partial charge in [0.1, 0.15) is 17.3 Å². The fraction of sp³-hybridized carbons (Fsp3) is 0.143. The summed E-state index contributed by atoms with van der Waals surface area (Å²) < 4.78 is 6.60. The Morgan fingerprint density at radius 2 is 2.05 bits per heavy atom. The van der Waals surface area contributed by atoms with Crippen molar-refractivity contribution in [2.45, 2.75) is 13.8 Å². The topological polar surface area (TPSA) is 74.8 Å². The lowest BCUT2D eigenvalue weighted by Crippen LogP contribution is -2.17. The number of carbonyl (C=O) groups is 1. The van der Waals surface area contributed by atoms with Gasteiger partial charge < -0.3 is 9.52 Å². The third kappa shape index (κ3) is 3.74. The molecule has 1 aromatic heterocycles. The summed E-state index contributed by atoms with van der Waals surface area (Å²) in [4.78, 5) is 11.9. The molecule has 1 aromatic carbocycles. The first-order valence-electron chi connectivity index (χ1n) is 5.97. The second kappa shape index (κ2) is 6.44. The highest BCUT2D eigenvalue weighted by Crippen LogP contribution is 2.30. The van der Waals surface area contributed by atoms with Gasteiger partial charge in [-0.25, -0.2) is 5.43 Å². The minimum Gasteiger partial charge on any atom is -0.506 e. The van der Waals surface area contributed by atoms with E-state index >= 15 is 0 Å². The van der Waals surface area contributed by atoms with Crippen molar-refractivity contribution in [1.29, 1.82) is 0 Å². The molecule has 0 saturated carbocycles. The van der Waals surface area contributed by atoms with Crippen LogP contribution in [0, 0.1) is 13.8 Å². The van der Waals surface area contributed by atoms with Gasteiger partial charge in [0.2, 0.25) is 0 Å².